The smallest absolute Gasteiger partial charge is 0.234 e. The third-order valence-corrected chi connectivity index (χ3v) is 6.05. The van der Waals surface area contributed by atoms with Crippen molar-refractivity contribution in [3.05, 3.63) is 63.9 Å². The Morgan fingerprint density at radius 2 is 1.83 bits per heavy atom. The highest BCUT2D eigenvalue weighted by atomic mass is 35.5. The molecule has 0 unspecified atom stereocenters. The van der Waals surface area contributed by atoms with Crippen molar-refractivity contribution in [3.8, 4) is 0 Å². The van der Waals surface area contributed by atoms with Crippen LogP contribution in [0.15, 0.2) is 41.6 Å². The molecular weight excluding hydrogens is 406 g/mol. The van der Waals surface area contributed by atoms with Gasteiger partial charge < -0.3 is 15.2 Å². The molecule has 1 amide bonds. The molecule has 0 bridgehead atoms. The molecule has 0 aliphatic carbocycles. The van der Waals surface area contributed by atoms with Crippen molar-refractivity contribution in [2.75, 3.05) is 16.4 Å². The fraction of sp³-hybridized carbons (Fsp3) is 0.286. The Morgan fingerprint density at radius 1 is 1.10 bits per heavy atom. The molecule has 8 heteroatoms. The summed E-state index contributed by atoms with van der Waals surface area (Å²) in [5, 5.41) is 16.1. The Balaban J connectivity index is 1.56. The summed E-state index contributed by atoms with van der Waals surface area (Å²) in [6.07, 6.45) is 0. The first-order valence-corrected chi connectivity index (χ1v) is 10.6. The number of nitrogens with zero attached hydrogens (tertiary/aromatic N) is 3. The lowest BCUT2D eigenvalue weighted by Crippen LogP contribution is -2.16. The molecular formula is C21H24ClN5OS. The topological polar surface area (TPSA) is 71.8 Å². The van der Waals surface area contributed by atoms with Gasteiger partial charge >= 0.3 is 0 Å². The van der Waals surface area contributed by atoms with Gasteiger partial charge in [-0.3, -0.25) is 4.79 Å². The SMILES string of the molecule is Cc1ccc(NCc2nnc(SCC(=O)Nc3c(C)cccc3C)n2C)cc1Cl. The zero-order chi connectivity index (χ0) is 21.0. The summed E-state index contributed by atoms with van der Waals surface area (Å²) in [7, 11) is 1.89. The van der Waals surface area contributed by atoms with Crippen LogP contribution in [0, 0.1) is 20.8 Å². The molecule has 3 aromatic rings. The van der Waals surface area contributed by atoms with E-state index in [-0.39, 0.29) is 11.7 Å². The van der Waals surface area contributed by atoms with E-state index in [0.29, 0.717) is 11.7 Å². The fourth-order valence-corrected chi connectivity index (χ4v) is 3.74. The van der Waals surface area contributed by atoms with Crippen LogP contribution in [-0.2, 0) is 18.4 Å². The lowest BCUT2D eigenvalue weighted by atomic mass is 10.1. The van der Waals surface area contributed by atoms with Crippen LogP contribution >= 0.6 is 23.4 Å². The molecule has 29 heavy (non-hydrogen) atoms. The molecule has 0 saturated heterocycles. The van der Waals surface area contributed by atoms with E-state index >= 15 is 0 Å². The van der Waals surface area contributed by atoms with Gasteiger partial charge in [0.2, 0.25) is 5.91 Å². The molecule has 0 aliphatic rings. The van der Waals surface area contributed by atoms with Crippen molar-refractivity contribution in [1.82, 2.24) is 14.8 Å². The molecule has 1 aromatic heterocycles. The number of thioether (sulfide) groups is 1. The first-order valence-electron chi connectivity index (χ1n) is 9.22. The number of aryl methyl sites for hydroxylation is 3. The minimum absolute atomic E-state index is 0.0654. The highest BCUT2D eigenvalue weighted by Crippen LogP contribution is 2.22. The summed E-state index contributed by atoms with van der Waals surface area (Å²) < 4.78 is 1.89. The maximum atomic E-state index is 12.4. The molecule has 0 fully saturated rings. The molecule has 0 aliphatic heterocycles. The first kappa shape index (κ1) is 21.2. The molecule has 0 atom stereocenters. The van der Waals surface area contributed by atoms with E-state index in [1.807, 2.05) is 68.8 Å². The summed E-state index contributed by atoms with van der Waals surface area (Å²) in [6.45, 7) is 6.45. The van der Waals surface area contributed by atoms with Crippen LogP contribution in [0.25, 0.3) is 0 Å². The van der Waals surface area contributed by atoms with E-state index < -0.39 is 0 Å². The predicted molar refractivity (Wildman–Crippen MR) is 120 cm³/mol. The zero-order valence-electron chi connectivity index (χ0n) is 16.9. The summed E-state index contributed by atoms with van der Waals surface area (Å²) >= 11 is 7.53. The molecule has 2 aromatic carbocycles. The number of aromatic nitrogens is 3. The Bertz CT molecular complexity index is 1010. The maximum Gasteiger partial charge on any atom is 0.234 e. The summed E-state index contributed by atoms with van der Waals surface area (Å²) in [4.78, 5) is 12.4. The van der Waals surface area contributed by atoms with Gasteiger partial charge in [-0.25, -0.2) is 0 Å². The molecule has 1 heterocycles. The number of carbonyl (C=O) groups is 1. The Kier molecular flexibility index (Phi) is 6.82. The van der Waals surface area contributed by atoms with Crippen LogP contribution in [0.5, 0.6) is 0 Å². The third kappa shape index (κ3) is 5.31. The minimum atomic E-state index is -0.0654. The average Bonchev–Trinajstić information content (AvgIpc) is 3.04. The molecule has 0 radical (unpaired) electrons. The van der Waals surface area contributed by atoms with Gasteiger partial charge in [0.1, 0.15) is 0 Å². The van der Waals surface area contributed by atoms with E-state index in [9.17, 15) is 4.79 Å². The summed E-state index contributed by atoms with van der Waals surface area (Å²) in [5.41, 5.74) is 4.93. The number of benzene rings is 2. The van der Waals surface area contributed by atoms with Gasteiger partial charge in [-0.1, -0.05) is 47.6 Å². The number of hydrogen-bond acceptors (Lipinski definition) is 5. The van der Waals surface area contributed by atoms with E-state index in [2.05, 4.69) is 20.8 Å². The number of halogens is 1. The summed E-state index contributed by atoms with van der Waals surface area (Å²) in [6, 6.07) is 11.8. The van der Waals surface area contributed by atoms with Crippen molar-refractivity contribution in [2.45, 2.75) is 32.5 Å². The highest BCUT2D eigenvalue weighted by molar-refractivity contribution is 7.99. The molecule has 3 rings (SSSR count). The van der Waals surface area contributed by atoms with Gasteiger partial charge in [-0.15, -0.1) is 10.2 Å². The second-order valence-corrected chi connectivity index (χ2v) is 8.23. The van der Waals surface area contributed by atoms with Gasteiger partial charge in [0.25, 0.3) is 0 Å². The Morgan fingerprint density at radius 3 is 2.52 bits per heavy atom. The average molecular weight is 430 g/mol. The molecule has 0 saturated carbocycles. The van der Waals surface area contributed by atoms with Crippen LogP contribution in [0.4, 0.5) is 11.4 Å². The maximum absolute atomic E-state index is 12.4. The van der Waals surface area contributed by atoms with Crippen molar-refractivity contribution in [3.63, 3.8) is 0 Å². The van der Waals surface area contributed by atoms with E-state index in [0.717, 1.165) is 38.9 Å². The minimum Gasteiger partial charge on any atom is -0.378 e. The molecule has 6 nitrogen and oxygen atoms in total. The Labute approximate surface area is 180 Å². The first-order chi connectivity index (χ1) is 13.8. The van der Waals surface area contributed by atoms with Crippen LogP contribution in [0.2, 0.25) is 5.02 Å². The van der Waals surface area contributed by atoms with Crippen LogP contribution in [0.3, 0.4) is 0 Å². The van der Waals surface area contributed by atoms with E-state index in [1.165, 1.54) is 11.8 Å². The number of amides is 1. The van der Waals surface area contributed by atoms with Gasteiger partial charge in [0.05, 0.1) is 12.3 Å². The van der Waals surface area contributed by atoms with Crippen molar-refractivity contribution in [2.24, 2.45) is 7.05 Å². The predicted octanol–water partition coefficient (Wildman–Crippen LogP) is 4.74. The number of para-hydroxylation sites is 1. The quantitative estimate of drug-likeness (QED) is 0.531. The fourth-order valence-electron chi connectivity index (χ4n) is 2.83. The van der Waals surface area contributed by atoms with Gasteiger partial charge in [-0.2, -0.15) is 0 Å². The zero-order valence-corrected chi connectivity index (χ0v) is 18.5. The standard InChI is InChI=1S/C21H24ClN5OS/c1-13-8-9-16(10-17(13)22)23-11-18-25-26-21(27(18)4)29-12-19(28)24-20-14(2)6-5-7-15(20)3/h5-10,23H,11-12H2,1-4H3,(H,24,28). The monoisotopic (exact) mass is 429 g/mol. The van der Waals surface area contributed by atoms with Crippen LogP contribution in [0.1, 0.15) is 22.5 Å². The molecule has 152 valence electrons. The van der Waals surface area contributed by atoms with Crippen molar-refractivity contribution < 1.29 is 4.79 Å². The van der Waals surface area contributed by atoms with Crippen LogP contribution < -0.4 is 10.6 Å². The lowest BCUT2D eigenvalue weighted by Gasteiger charge is -2.11. The number of carbonyl (C=O) groups excluding carboxylic acids is 1. The summed E-state index contributed by atoms with van der Waals surface area (Å²) in [5.74, 6) is 0.976. The largest absolute Gasteiger partial charge is 0.378 e. The number of anilines is 2. The van der Waals surface area contributed by atoms with E-state index in [1.54, 1.807) is 0 Å². The second-order valence-electron chi connectivity index (χ2n) is 6.88. The van der Waals surface area contributed by atoms with E-state index in [4.69, 9.17) is 11.6 Å². The normalized spacial score (nSPS) is 10.8. The van der Waals surface area contributed by atoms with Gasteiger partial charge in [0.15, 0.2) is 11.0 Å². The Hall–Kier alpha value is -2.51. The third-order valence-electron chi connectivity index (χ3n) is 4.63. The second kappa shape index (κ2) is 9.33. The van der Waals surface area contributed by atoms with Crippen LogP contribution in [-0.4, -0.2) is 26.4 Å². The number of nitrogens with one attached hydrogen (secondary N) is 2. The van der Waals surface area contributed by atoms with Crippen molar-refractivity contribution >= 4 is 40.6 Å². The molecule has 0 spiro atoms. The van der Waals surface area contributed by atoms with Crippen molar-refractivity contribution in [1.29, 1.82) is 0 Å². The molecule has 2 N–H and O–H groups in total. The lowest BCUT2D eigenvalue weighted by molar-refractivity contribution is -0.113. The number of hydrogen-bond donors (Lipinski definition) is 2. The highest BCUT2D eigenvalue weighted by Gasteiger charge is 2.13. The van der Waals surface area contributed by atoms with Gasteiger partial charge in [0, 0.05) is 23.4 Å². The number of rotatable bonds is 7. The van der Waals surface area contributed by atoms with Gasteiger partial charge in [-0.05, 0) is 49.6 Å².